The lowest BCUT2D eigenvalue weighted by Gasteiger charge is -1.93. The molecule has 0 aromatic rings. The van der Waals surface area contributed by atoms with Gasteiger partial charge in [-0.25, -0.2) is 4.79 Å². The number of aliphatic carboxylic acids is 1. The van der Waals surface area contributed by atoms with Gasteiger partial charge in [0, 0.05) is 18.8 Å². The lowest BCUT2D eigenvalue weighted by Crippen LogP contribution is -2.06. The van der Waals surface area contributed by atoms with Crippen LogP contribution in [0.3, 0.4) is 0 Å². The van der Waals surface area contributed by atoms with Gasteiger partial charge in [-0.2, -0.15) is 0 Å². The lowest BCUT2D eigenvalue weighted by molar-refractivity contribution is -0.131. The highest BCUT2D eigenvalue weighted by Crippen LogP contribution is 1.79. The van der Waals surface area contributed by atoms with Gasteiger partial charge in [0.25, 0.3) is 0 Å². The molecule has 0 aromatic carbocycles. The molecule has 0 aromatic heterocycles. The van der Waals surface area contributed by atoms with Gasteiger partial charge in [-0.15, -0.1) is 0 Å². The van der Waals surface area contributed by atoms with Gasteiger partial charge >= 0.3 is 5.97 Å². The van der Waals surface area contributed by atoms with Crippen molar-refractivity contribution in [2.75, 3.05) is 6.54 Å². The molecule has 3 nitrogen and oxygen atoms in total. The van der Waals surface area contributed by atoms with Crippen molar-refractivity contribution in [3.05, 3.63) is 24.4 Å². The van der Waals surface area contributed by atoms with Crippen molar-refractivity contribution in [3.63, 3.8) is 0 Å². The van der Waals surface area contributed by atoms with Crippen molar-refractivity contribution in [1.29, 1.82) is 0 Å². The Kier molecular flexibility index (Phi) is 6.08. The Hall–Kier alpha value is -1.25. The molecule has 0 atom stereocenters. The fourth-order valence-electron chi connectivity index (χ4n) is 0.547. The molecule has 0 amide bonds. The van der Waals surface area contributed by atoms with E-state index in [9.17, 15) is 4.79 Å². The van der Waals surface area contributed by atoms with E-state index in [2.05, 4.69) is 5.32 Å². The summed E-state index contributed by atoms with van der Waals surface area (Å²) in [5.74, 6) is -0.927. The van der Waals surface area contributed by atoms with Gasteiger partial charge in [-0.05, 0) is 13.3 Å². The topological polar surface area (TPSA) is 49.3 Å². The molecule has 0 aliphatic carbocycles. The average molecular weight is 155 g/mol. The van der Waals surface area contributed by atoms with Crippen molar-refractivity contribution in [3.8, 4) is 0 Å². The first-order chi connectivity index (χ1) is 5.27. The van der Waals surface area contributed by atoms with Crippen LogP contribution in [0, 0.1) is 0 Å². The largest absolute Gasteiger partial charge is 0.478 e. The molecule has 0 radical (unpaired) electrons. The minimum Gasteiger partial charge on any atom is -0.478 e. The van der Waals surface area contributed by atoms with E-state index in [1.165, 1.54) is 6.20 Å². The van der Waals surface area contributed by atoms with E-state index in [0.29, 0.717) is 0 Å². The summed E-state index contributed by atoms with van der Waals surface area (Å²) in [5.41, 5.74) is 0. The normalized spacial score (nSPS) is 11.0. The minimum absolute atomic E-state index is 0.772. The first kappa shape index (κ1) is 9.75. The van der Waals surface area contributed by atoms with Crippen molar-refractivity contribution >= 4 is 5.97 Å². The highest BCUT2D eigenvalue weighted by atomic mass is 16.4. The molecular weight excluding hydrogens is 142 g/mol. The fourth-order valence-corrected chi connectivity index (χ4v) is 0.547. The summed E-state index contributed by atoms with van der Waals surface area (Å²) in [6.45, 7) is 2.72. The van der Waals surface area contributed by atoms with Crippen LogP contribution in [0.2, 0.25) is 0 Å². The second-order valence-electron chi connectivity index (χ2n) is 1.98. The van der Waals surface area contributed by atoms with E-state index >= 15 is 0 Å². The van der Waals surface area contributed by atoms with Crippen LogP contribution in [-0.4, -0.2) is 17.6 Å². The van der Waals surface area contributed by atoms with Gasteiger partial charge in [-0.3, -0.25) is 0 Å². The summed E-state index contributed by atoms with van der Waals surface area (Å²) < 4.78 is 0. The molecule has 0 bridgehead atoms. The number of allylic oxidation sites excluding steroid dienone is 1. The Balaban J connectivity index is 3.20. The maximum absolute atomic E-state index is 9.95. The third-order valence-corrected chi connectivity index (χ3v) is 1.03. The molecule has 0 saturated heterocycles. The second kappa shape index (κ2) is 6.86. The predicted octanol–water partition coefficient (Wildman–Crippen LogP) is 1.14. The molecule has 0 heterocycles. The predicted molar refractivity (Wildman–Crippen MR) is 44.2 cm³/mol. The van der Waals surface area contributed by atoms with Crippen LogP contribution in [0.5, 0.6) is 0 Å². The van der Waals surface area contributed by atoms with Crippen LogP contribution in [0.1, 0.15) is 13.3 Å². The second-order valence-corrected chi connectivity index (χ2v) is 1.98. The molecule has 0 unspecified atom stereocenters. The number of carboxylic acids is 1. The van der Waals surface area contributed by atoms with Crippen LogP contribution < -0.4 is 5.32 Å². The van der Waals surface area contributed by atoms with Crippen molar-refractivity contribution < 1.29 is 9.90 Å². The number of nitrogens with one attached hydrogen (secondary N) is 1. The van der Waals surface area contributed by atoms with Crippen LogP contribution in [0.25, 0.3) is 0 Å². The molecule has 11 heavy (non-hydrogen) atoms. The van der Waals surface area contributed by atoms with Crippen molar-refractivity contribution in [2.24, 2.45) is 0 Å². The van der Waals surface area contributed by atoms with Crippen LogP contribution in [0.4, 0.5) is 0 Å². The summed E-state index contributed by atoms with van der Waals surface area (Å²) in [5, 5.41) is 11.0. The maximum atomic E-state index is 9.95. The van der Waals surface area contributed by atoms with Crippen molar-refractivity contribution in [2.45, 2.75) is 13.3 Å². The van der Waals surface area contributed by atoms with E-state index < -0.39 is 5.97 Å². The molecular formula is C8H13NO2. The molecule has 0 aliphatic rings. The van der Waals surface area contributed by atoms with Gasteiger partial charge in [0.1, 0.15) is 0 Å². The van der Waals surface area contributed by atoms with Gasteiger partial charge < -0.3 is 10.4 Å². The molecule has 0 fully saturated rings. The Labute approximate surface area is 66.4 Å². The Morgan fingerprint density at radius 1 is 1.64 bits per heavy atom. The highest BCUT2D eigenvalue weighted by molar-refractivity contribution is 5.79. The quantitative estimate of drug-likeness (QED) is 0.355. The first-order valence-electron chi connectivity index (χ1n) is 3.51. The van der Waals surface area contributed by atoms with Crippen molar-refractivity contribution in [1.82, 2.24) is 5.32 Å². The summed E-state index contributed by atoms with van der Waals surface area (Å²) in [6, 6.07) is 0. The highest BCUT2D eigenvalue weighted by Gasteiger charge is 1.82. The molecule has 0 aliphatic heterocycles. The minimum atomic E-state index is -0.927. The third kappa shape index (κ3) is 8.75. The number of hydrogen-bond acceptors (Lipinski definition) is 2. The smallest absolute Gasteiger partial charge is 0.329 e. The standard InChI is InChI=1S/C8H13NO2/c1-2-3-4-6-9-7-5-8(10)11/h2-3,5,7,9H,4,6H2,1H3,(H,10,11)/b3-2+,7-5+. The molecule has 0 saturated carbocycles. The molecule has 3 heteroatoms. The molecule has 0 spiro atoms. The van der Waals surface area contributed by atoms with Gasteiger partial charge in [0.05, 0.1) is 0 Å². The van der Waals surface area contributed by atoms with E-state index in [1.54, 1.807) is 0 Å². The summed E-state index contributed by atoms with van der Waals surface area (Å²) >= 11 is 0. The molecule has 0 rings (SSSR count). The van der Waals surface area contributed by atoms with E-state index in [-0.39, 0.29) is 0 Å². The number of hydrogen-bond donors (Lipinski definition) is 2. The van der Waals surface area contributed by atoms with Gasteiger partial charge in [0.15, 0.2) is 0 Å². The third-order valence-electron chi connectivity index (χ3n) is 1.03. The monoisotopic (exact) mass is 155 g/mol. The molecule has 2 N–H and O–H groups in total. The number of carbonyl (C=O) groups is 1. The zero-order chi connectivity index (χ0) is 8.53. The number of rotatable bonds is 5. The maximum Gasteiger partial charge on any atom is 0.329 e. The zero-order valence-corrected chi connectivity index (χ0v) is 6.58. The van der Waals surface area contributed by atoms with Gasteiger partial charge in [-0.1, -0.05) is 12.2 Å². The van der Waals surface area contributed by atoms with E-state index in [0.717, 1.165) is 19.0 Å². The average Bonchev–Trinajstić information content (AvgIpc) is 1.96. The summed E-state index contributed by atoms with van der Waals surface area (Å²) in [7, 11) is 0. The van der Waals surface area contributed by atoms with E-state index in [1.807, 2.05) is 19.1 Å². The zero-order valence-electron chi connectivity index (χ0n) is 6.58. The SMILES string of the molecule is C/C=C/CCN/C=C/C(=O)O. The van der Waals surface area contributed by atoms with E-state index in [4.69, 9.17) is 5.11 Å². The van der Waals surface area contributed by atoms with Crippen LogP contribution in [-0.2, 0) is 4.79 Å². The number of carboxylic acid groups (broad SMARTS) is 1. The molecule has 62 valence electrons. The summed E-state index contributed by atoms with van der Waals surface area (Å²) in [6.07, 6.45) is 7.41. The van der Waals surface area contributed by atoms with Crippen LogP contribution >= 0.6 is 0 Å². The summed E-state index contributed by atoms with van der Waals surface area (Å²) in [4.78, 5) is 9.95. The first-order valence-corrected chi connectivity index (χ1v) is 3.51. The fraction of sp³-hybridized carbons (Fsp3) is 0.375. The Morgan fingerprint density at radius 3 is 2.91 bits per heavy atom. The Morgan fingerprint density at radius 2 is 2.36 bits per heavy atom. The van der Waals surface area contributed by atoms with Crippen LogP contribution in [0.15, 0.2) is 24.4 Å². The Bertz CT molecular complexity index is 161. The van der Waals surface area contributed by atoms with Gasteiger partial charge in [0.2, 0.25) is 0 Å². The lowest BCUT2D eigenvalue weighted by atomic mass is 10.4.